The molecule has 1 aromatic carbocycles. The molecule has 0 bridgehead atoms. The van der Waals surface area contributed by atoms with Gasteiger partial charge in [-0.25, -0.2) is 9.78 Å². The second-order valence-corrected chi connectivity index (χ2v) is 8.29. The largest absolute Gasteiger partial charge is 0.465 e. The monoisotopic (exact) mass is 411 g/mol. The van der Waals surface area contributed by atoms with Crippen LogP contribution in [0.15, 0.2) is 29.3 Å². The molecule has 29 heavy (non-hydrogen) atoms. The Balaban J connectivity index is 1.51. The maximum atomic E-state index is 12.8. The van der Waals surface area contributed by atoms with Crippen molar-refractivity contribution in [2.24, 2.45) is 0 Å². The molecule has 150 valence electrons. The van der Waals surface area contributed by atoms with Gasteiger partial charge >= 0.3 is 5.97 Å². The Morgan fingerprint density at radius 1 is 1.28 bits per heavy atom. The minimum Gasteiger partial charge on any atom is -0.465 e. The summed E-state index contributed by atoms with van der Waals surface area (Å²) in [4.78, 5) is 45.2. The SMILES string of the molecule is COC(=O)c1ccc2c(c1)CCN2C(=O)CCn1cnc2sc(C)c(C)c2c1=O. The Hall–Kier alpha value is -3.00. The lowest BCUT2D eigenvalue weighted by Crippen LogP contribution is -2.31. The van der Waals surface area contributed by atoms with E-state index in [2.05, 4.69) is 4.98 Å². The molecule has 0 saturated carbocycles. The van der Waals surface area contributed by atoms with E-state index in [4.69, 9.17) is 4.74 Å². The van der Waals surface area contributed by atoms with Crippen LogP contribution in [-0.4, -0.2) is 35.1 Å². The van der Waals surface area contributed by atoms with Crippen molar-refractivity contribution >= 4 is 39.1 Å². The van der Waals surface area contributed by atoms with Crippen LogP contribution in [-0.2, 0) is 22.5 Å². The van der Waals surface area contributed by atoms with E-state index in [1.807, 2.05) is 13.8 Å². The molecule has 0 radical (unpaired) electrons. The highest BCUT2D eigenvalue weighted by atomic mass is 32.1. The van der Waals surface area contributed by atoms with Gasteiger partial charge in [-0.15, -0.1) is 11.3 Å². The normalized spacial score (nSPS) is 13.0. The van der Waals surface area contributed by atoms with E-state index in [0.29, 0.717) is 23.9 Å². The zero-order valence-corrected chi connectivity index (χ0v) is 17.3. The number of hydrogen-bond acceptors (Lipinski definition) is 6. The molecule has 8 heteroatoms. The molecule has 0 N–H and O–H groups in total. The molecule has 0 unspecified atom stereocenters. The average molecular weight is 411 g/mol. The summed E-state index contributed by atoms with van der Waals surface area (Å²) in [6.07, 6.45) is 2.41. The number of aryl methyl sites for hydroxylation is 3. The zero-order chi connectivity index (χ0) is 20.7. The highest BCUT2D eigenvalue weighted by molar-refractivity contribution is 7.18. The van der Waals surface area contributed by atoms with Crippen molar-refractivity contribution < 1.29 is 14.3 Å². The van der Waals surface area contributed by atoms with Crippen molar-refractivity contribution in [1.82, 2.24) is 9.55 Å². The van der Waals surface area contributed by atoms with E-state index in [-0.39, 0.29) is 30.4 Å². The molecule has 3 aromatic rings. The third-order valence-electron chi connectivity index (χ3n) is 5.42. The van der Waals surface area contributed by atoms with Crippen molar-refractivity contribution in [2.75, 3.05) is 18.6 Å². The number of ether oxygens (including phenoxy) is 1. The number of fused-ring (bicyclic) bond motifs is 2. The molecule has 1 aliphatic rings. The predicted molar refractivity (Wildman–Crippen MR) is 112 cm³/mol. The zero-order valence-electron chi connectivity index (χ0n) is 16.5. The van der Waals surface area contributed by atoms with E-state index in [1.165, 1.54) is 29.3 Å². The van der Waals surface area contributed by atoms with Gasteiger partial charge in [-0.2, -0.15) is 0 Å². The Morgan fingerprint density at radius 3 is 2.83 bits per heavy atom. The number of thiophene rings is 1. The van der Waals surface area contributed by atoms with Crippen LogP contribution in [0, 0.1) is 13.8 Å². The molecule has 2 aromatic heterocycles. The lowest BCUT2D eigenvalue weighted by atomic mass is 10.1. The number of methoxy groups -OCH3 is 1. The number of carbonyl (C=O) groups is 2. The van der Waals surface area contributed by atoms with Crippen molar-refractivity contribution in [2.45, 2.75) is 33.2 Å². The molecule has 0 saturated heterocycles. The summed E-state index contributed by atoms with van der Waals surface area (Å²) in [5.74, 6) is -0.446. The number of benzene rings is 1. The van der Waals surface area contributed by atoms with Gasteiger partial charge in [0.05, 0.1) is 24.4 Å². The first kappa shape index (κ1) is 19.3. The predicted octanol–water partition coefficient (Wildman–Crippen LogP) is 2.84. The first-order valence-electron chi connectivity index (χ1n) is 9.37. The Morgan fingerprint density at radius 2 is 2.07 bits per heavy atom. The maximum absolute atomic E-state index is 12.8. The smallest absolute Gasteiger partial charge is 0.337 e. The molecular formula is C21H21N3O4S. The molecule has 0 fully saturated rings. The highest BCUT2D eigenvalue weighted by Crippen LogP contribution is 2.30. The summed E-state index contributed by atoms with van der Waals surface area (Å²) < 4.78 is 6.26. The van der Waals surface area contributed by atoms with E-state index in [1.54, 1.807) is 23.1 Å². The molecule has 0 aliphatic carbocycles. The molecule has 0 spiro atoms. The highest BCUT2D eigenvalue weighted by Gasteiger charge is 2.25. The maximum Gasteiger partial charge on any atom is 0.337 e. The molecular weight excluding hydrogens is 390 g/mol. The number of nitrogens with zero attached hydrogens (tertiary/aromatic N) is 3. The molecule has 1 amide bonds. The van der Waals surface area contributed by atoms with Crippen LogP contribution in [0.4, 0.5) is 5.69 Å². The summed E-state index contributed by atoms with van der Waals surface area (Å²) in [5.41, 5.74) is 3.10. The fourth-order valence-corrected chi connectivity index (χ4v) is 4.67. The Bertz CT molecular complexity index is 1190. The van der Waals surface area contributed by atoms with E-state index < -0.39 is 0 Å². The van der Waals surface area contributed by atoms with Gasteiger partial charge in [0.2, 0.25) is 5.91 Å². The van der Waals surface area contributed by atoms with Gasteiger partial charge in [0.1, 0.15) is 4.83 Å². The number of anilines is 1. The number of carbonyl (C=O) groups excluding carboxylic acids is 2. The van der Waals surface area contributed by atoms with Gasteiger partial charge in [0.15, 0.2) is 0 Å². The van der Waals surface area contributed by atoms with Gasteiger partial charge in [0, 0.05) is 30.1 Å². The molecule has 4 rings (SSSR count). The minimum atomic E-state index is -0.390. The van der Waals surface area contributed by atoms with Crippen molar-refractivity contribution in [3.05, 3.63) is 56.4 Å². The third-order valence-corrected chi connectivity index (χ3v) is 6.53. The molecule has 7 nitrogen and oxygen atoms in total. The Labute approximate surface area is 171 Å². The Kier molecular flexibility index (Phi) is 4.96. The molecule has 0 atom stereocenters. The van der Waals surface area contributed by atoms with Gasteiger partial charge in [-0.1, -0.05) is 0 Å². The fraction of sp³-hybridized carbons (Fsp3) is 0.333. The topological polar surface area (TPSA) is 81.5 Å². The molecule has 1 aliphatic heterocycles. The second-order valence-electron chi connectivity index (χ2n) is 7.09. The summed E-state index contributed by atoms with van der Waals surface area (Å²) in [7, 11) is 1.35. The lowest BCUT2D eigenvalue weighted by molar-refractivity contribution is -0.118. The summed E-state index contributed by atoms with van der Waals surface area (Å²) in [5, 5.41) is 0.643. The van der Waals surface area contributed by atoms with Crippen LogP contribution in [0.2, 0.25) is 0 Å². The van der Waals surface area contributed by atoms with Crippen LogP contribution in [0.25, 0.3) is 10.2 Å². The van der Waals surface area contributed by atoms with Crippen LogP contribution < -0.4 is 10.5 Å². The standard InChI is InChI=1S/C21H21N3O4S/c1-12-13(2)29-19-18(12)20(26)23(11-22-19)8-7-17(25)24-9-6-14-10-15(21(27)28-3)4-5-16(14)24/h4-5,10-11H,6-9H2,1-3H3. The quantitative estimate of drug-likeness (QED) is 0.617. The minimum absolute atomic E-state index is 0.0558. The van der Waals surface area contributed by atoms with E-state index in [9.17, 15) is 14.4 Å². The van der Waals surface area contributed by atoms with Gasteiger partial charge in [0.25, 0.3) is 5.56 Å². The van der Waals surface area contributed by atoms with Gasteiger partial charge in [-0.3, -0.25) is 14.2 Å². The van der Waals surface area contributed by atoms with Crippen molar-refractivity contribution in [1.29, 1.82) is 0 Å². The summed E-state index contributed by atoms with van der Waals surface area (Å²) in [6, 6.07) is 5.22. The molecule has 3 heterocycles. The van der Waals surface area contributed by atoms with Crippen molar-refractivity contribution in [3.8, 4) is 0 Å². The number of amides is 1. The van der Waals surface area contributed by atoms with E-state index >= 15 is 0 Å². The average Bonchev–Trinajstić information content (AvgIpc) is 3.27. The summed E-state index contributed by atoms with van der Waals surface area (Å²) in [6.45, 7) is 4.75. The fourth-order valence-electron chi connectivity index (χ4n) is 3.69. The van der Waals surface area contributed by atoms with Crippen molar-refractivity contribution in [3.63, 3.8) is 0 Å². The number of esters is 1. The van der Waals surface area contributed by atoms with Gasteiger partial charge in [-0.05, 0) is 49.6 Å². The summed E-state index contributed by atoms with van der Waals surface area (Å²) >= 11 is 1.51. The van der Waals surface area contributed by atoms with Gasteiger partial charge < -0.3 is 9.64 Å². The van der Waals surface area contributed by atoms with Crippen LogP contribution in [0.3, 0.4) is 0 Å². The first-order chi connectivity index (χ1) is 13.9. The number of hydrogen-bond donors (Lipinski definition) is 0. The first-order valence-corrected chi connectivity index (χ1v) is 10.2. The lowest BCUT2D eigenvalue weighted by Gasteiger charge is -2.18. The van der Waals surface area contributed by atoms with Crippen LogP contribution in [0.1, 0.15) is 32.8 Å². The van der Waals surface area contributed by atoms with Crippen LogP contribution in [0.5, 0.6) is 0 Å². The van der Waals surface area contributed by atoms with E-state index in [0.717, 1.165) is 26.5 Å². The number of rotatable bonds is 4. The van der Waals surface area contributed by atoms with Crippen LogP contribution >= 0.6 is 11.3 Å². The number of aromatic nitrogens is 2. The third kappa shape index (κ3) is 3.33. The second kappa shape index (κ2) is 7.44.